The molecule has 0 heterocycles. The van der Waals surface area contributed by atoms with Crippen LogP contribution in [0.5, 0.6) is 17.2 Å². The maximum absolute atomic E-state index is 9.99. The normalized spacial score (nSPS) is 12.4. The topological polar surface area (TPSA) is 75.1 Å². The summed E-state index contributed by atoms with van der Waals surface area (Å²) < 4.78 is 11.1. The average molecular weight is 371 g/mol. The van der Waals surface area contributed by atoms with Crippen LogP contribution in [0.25, 0.3) is 0 Å². The number of aromatic hydroxyl groups is 1. The SMILES string of the molecule is CCNC(=NCc1cc(OC)ccc1O)NCC(C)Oc1cccc(C)c1. The summed E-state index contributed by atoms with van der Waals surface area (Å²) in [4.78, 5) is 4.54. The Balaban J connectivity index is 1.95. The number of methoxy groups -OCH3 is 1. The second-order valence-electron chi connectivity index (χ2n) is 6.32. The molecule has 0 saturated heterocycles. The quantitative estimate of drug-likeness (QED) is 0.491. The Labute approximate surface area is 161 Å². The first-order valence-electron chi connectivity index (χ1n) is 9.13. The van der Waals surface area contributed by atoms with Crippen molar-refractivity contribution in [2.75, 3.05) is 20.2 Å². The highest BCUT2D eigenvalue weighted by atomic mass is 16.5. The van der Waals surface area contributed by atoms with Crippen LogP contribution in [-0.2, 0) is 6.54 Å². The van der Waals surface area contributed by atoms with Crippen molar-refractivity contribution < 1.29 is 14.6 Å². The first-order valence-corrected chi connectivity index (χ1v) is 9.13. The Kier molecular flexibility index (Phi) is 7.79. The predicted molar refractivity (Wildman–Crippen MR) is 109 cm³/mol. The molecule has 0 bridgehead atoms. The van der Waals surface area contributed by atoms with Crippen LogP contribution in [0.15, 0.2) is 47.5 Å². The van der Waals surface area contributed by atoms with Crippen LogP contribution in [0.2, 0.25) is 0 Å². The molecule has 0 spiro atoms. The Bertz CT molecular complexity index is 762. The Hall–Kier alpha value is -2.89. The summed E-state index contributed by atoms with van der Waals surface area (Å²) in [5.41, 5.74) is 1.87. The summed E-state index contributed by atoms with van der Waals surface area (Å²) in [6.45, 7) is 7.73. The fourth-order valence-corrected chi connectivity index (χ4v) is 2.52. The Morgan fingerprint density at radius 3 is 2.67 bits per heavy atom. The van der Waals surface area contributed by atoms with Gasteiger partial charge < -0.3 is 25.2 Å². The molecule has 6 nitrogen and oxygen atoms in total. The third-order valence-electron chi connectivity index (χ3n) is 3.92. The van der Waals surface area contributed by atoms with E-state index in [-0.39, 0.29) is 11.9 Å². The van der Waals surface area contributed by atoms with Crippen LogP contribution in [0.4, 0.5) is 0 Å². The van der Waals surface area contributed by atoms with Gasteiger partial charge in [0.05, 0.1) is 20.2 Å². The van der Waals surface area contributed by atoms with E-state index in [1.807, 2.05) is 45.0 Å². The van der Waals surface area contributed by atoms with Gasteiger partial charge in [-0.3, -0.25) is 0 Å². The third-order valence-corrected chi connectivity index (χ3v) is 3.92. The van der Waals surface area contributed by atoms with Crippen molar-refractivity contribution in [3.63, 3.8) is 0 Å². The zero-order chi connectivity index (χ0) is 19.6. The Morgan fingerprint density at radius 1 is 1.15 bits per heavy atom. The van der Waals surface area contributed by atoms with E-state index in [1.165, 1.54) is 5.56 Å². The van der Waals surface area contributed by atoms with Gasteiger partial charge in [0.15, 0.2) is 5.96 Å². The van der Waals surface area contributed by atoms with Crippen LogP contribution in [0, 0.1) is 6.92 Å². The maximum atomic E-state index is 9.99. The van der Waals surface area contributed by atoms with E-state index in [0.717, 1.165) is 12.3 Å². The smallest absolute Gasteiger partial charge is 0.191 e. The summed E-state index contributed by atoms with van der Waals surface area (Å²) >= 11 is 0. The Morgan fingerprint density at radius 2 is 1.96 bits per heavy atom. The minimum Gasteiger partial charge on any atom is -0.508 e. The van der Waals surface area contributed by atoms with Gasteiger partial charge in [-0.25, -0.2) is 4.99 Å². The molecule has 1 unspecified atom stereocenters. The molecule has 2 aromatic carbocycles. The van der Waals surface area contributed by atoms with Crippen molar-refractivity contribution in [1.29, 1.82) is 0 Å². The van der Waals surface area contributed by atoms with E-state index >= 15 is 0 Å². The second-order valence-corrected chi connectivity index (χ2v) is 6.32. The molecule has 2 rings (SSSR count). The molecule has 6 heteroatoms. The van der Waals surface area contributed by atoms with Gasteiger partial charge in [-0.05, 0) is 56.7 Å². The van der Waals surface area contributed by atoms with Crippen molar-refractivity contribution in [2.45, 2.75) is 33.4 Å². The first-order chi connectivity index (χ1) is 13.0. The summed E-state index contributed by atoms with van der Waals surface area (Å²) in [5, 5.41) is 16.5. The molecule has 27 heavy (non-hydrogen) atoms. The molecule has 3 N–H and O–H groups in total. The highest BCUT2D eigenvalue weighted by Gasteiger charge is 2.07. The lowest BCUT2D eigenvalue weighted by molar-refractivity contribution is 0.223. The van der Waals surface area contributed by atoms with Crippen LogP contribution < -0.4 is 20.1 Å². The number of nitrogens with zero attached hydrogens (tertiary/aromatic N) is 1. The van der Waals surface area contributed by atoms with Gasteiger partial charge in [-0.1, -0.05) is 12.1 Å². The number of phenols is 1. The van der Waals surface area contributed by atoms with E-state index in [0.29, 0.717) is 30.4 Å². The van der Waals surface area contributed by atoms with Crippen LogP contribution >= 0.6 is 0 Å². The molecule has 0 aromatic heterocycles. The number of rotatable bonds is 8. The lowest BCUT2D eigenvalue weighted by atomic mass is 10.2. The van der Waals surface area contributed by atoms with Gasteiger partial charge in [0.1, 0.15) is 23.4 Å². The van der Waals surface area contributed by atoms with Crippen molar-refractivity contribution >= 4 is 5.96 Å². The zero-order valence-corrected chi connectivity index (χ0v) is 16.5. The molecule has 2 aromatic rings. The van der Waals surface area contributed by atoms with E-state index in [4.69, 9.17) is 9.47 Å². The monoisotopic (exact) mass is 371 g/mol. The van der Waals surface area contributed by atoms with Crippen molar-refractivity contribution in [1.82, 2.24) is 10.6 Å². The van der Waals surface area contributed by atoms with Crippen molar-refractivity contribution in [3.8, 4) is 17.2 Å². The number of ether oxygens (including phenoxy) is 2. The van der Waals surface area contributed by atoms with Gasteiger partial charge in [-0.2, -0.15) is 0 Å². The van der Waals surface area contributed by atoms with E-state index in [1.54, 1.807) is 25.3 Å². The number of nitrogens with one attached hydrogen (secondary N) is 2. The maximum Gasteiger partial charge on any atom is 0.191 e. The van der Waals surface area contributed by atoms with Crippen LogP contribution in [0.1, 0.15) is 25.0 Å². The number of phenolic OH excluding ortho intramolecular Hbond substituents is 1. The highest BCUT2D eigenvalue weighted by Crippen LogP contribution is 2.23. The highest BCUT2D eigenvalue weighted by molar-refractivity contribution is 5.79. The second kappa shape index (κ2) is 10.3. The zero-order valence-electron chi connectivity index (χ0n) is 16.5. The molecule has 0 aliphatic heterocycles. The molecule has 1 atom stereocenters. The molecule has 146 valence electrons. The fourth-order valence-electron chi connectivity index (χ4n) is 2.52. The minimum absolute atomic E-state index is 0.0270. The molecule has 0 aliphatic carbocycles. The molecule has 0 aliphatic rings. The number of hydrogen-bond acceptors (Lipinski definition) is 4. The third kappa shape index (κ3) is 6.73. The summed E-state index contributed by atoms with van der Waals surface area (Å²) in [7, 11) is 1.60. The lowest BCUT2D eigenvalue weighted by Crippen LogP contribution is -2.41. The standard InChI is InChI=1S/C21H29N3O3/c1-5-22-21(24-14-17-12-18(26-4)9-10-20(17)25)23-13-16(3)27-19-8-6-7-15(2)11-19/h6-12,16,25H,5,13-14H2,1-4H3,(H2,22,23,24). The van der Waals surface area contributed by atoms with Crippen molar-refractivity contribution in [2.24, 2.45) is 4.99 Å². The summed E-state index contributed by atoms with van der Waals surface area (Å²) in [6.07, 6.45) is -0.0270. The number of benzene rings is 2. The number of hydrogen-bond donors (Lipinski definition) is 3. The van der Waals surface area contributed by atoms with Gasteiger partial charge in [-0.15, -0.1) is 0 Å². The molecule has 0 amide bonds. The predicted octanol–water partition coefficient (Wildman–Crippen LogP) is 3.23. The van der Waals surface area contributed by atoms with Gasteiger partial charge in [0.25, 0.3) is 0 Å². The van der Waals surface area contributed by atoms with Crippen LogP contribution in [-0.4, -0.2) is 37.4 Å². The molecular weight excluding hydrogens is 342 g/mol. The summed E-state index contributed by atoms with van der Waals surface area (Å²) in [6, 6.07) is 13.1. The van der Waals surface area contributed by atoms with Crippen LogP contribution in [0.3, 0.4) is 0 Å². The lowest BCUT2D eigenvalue weighted by Gasteiger charge is -2.18. The average Bonchev–Trinajstić information content (AvgIpc) is 2.65. The van der Waals surface area contributed by atoms with Gasteiger partial charge >= 0.3 is 0 Å². The number of aliphatic imine (C=N–C) groups is 1. The van der Waals surface area contributed by atoms with Gasteiger partial charge in [0.2, 0.25) is 0 Å². The van der Waals surface area contributed by atoms with E-state index in [9.17, 15) is 5.11 Å². The molecule has 0 fully saturated rings. The largest absolute Gasteiger partial charge is 0.508 e. The minimum atomic E-state index is -0.0270. The first kappa shape index (κ1) is 20.4. The molecular formula is C21H29N3O3. The molecule has 0 radical (unpaired) electrons. The van der Waals surface area contributed by atoms with E-state index in [2.05, 4.69) is 15.6 Å². The summed E-state index contributed by atoms with van der Waals surface area (Å²) in [5.74, 6) is 2.41. The number of guanidine groups is 1. The van der Waals surface area contributed by atoms with Crippen molar-refractivity contribution in [3.05, 3.63) is 53.6 Å². The fraction of sp³-hybridized carbons (Fsp3) is 0.381. The molecule has 0 saturated carbocycles. The van der Waals surface area contributed by atoms with E-state index < -0.39 is 0 Å². The number of aryl methyl sites for hydroxylation is 1. The van der Waals surface area contributed by atoms with Gasteiger partial charge in [0, 0.05) is 12.1 Å².